The Morgan fingerprint density at radius 1 is 1.22 bits per heavy atom. The second-order valence-corrected chi connectivity index (χ2v) is 6.98. The van der Waals surface area contributed by atoms with Crippen LogP contribution in [0.3, 0.4) is 0 Å². The monoisotopic (exact) mass is 444 g/mol. The zero-order valence-corrected chi connectivity index (χ0v) is 16.4. The highest BCUT2D eigenvalue weighted by molar-refractivity contribution is 9.10. The standard InChI is InChI=1S/C20H14BrClN2O3/c1-2-9-27-18-8-5-14(10-16(18)21)11-17-19(25)24(20(26)23-17)12-13-3-6-15(22)7-4-13/h1,3-8,10-11H,9,12H2,(H,23,26). The Morgan fingerprint density at radius 2 is 1.96 bits per heavy atom. The van der Waals surface area contributed by atoms with Crippen molar-refractivity contribution < 1.29 is 14.3 Å². The van der Waals surface area contributed by atoms with Crippen molar-refractivity contribution in [2.45, 2.75) is 6.54 Å². The molecule has 5 nitrogen and oxygen atoms in total. The molecule has 1 N–H and O–H groups in total. The molecule has 27 heavy (non-hydrogen) atoms. The van der Waals surface area contributed by atoms with Crippen molar-refractivity contribution in [1.82, 2.24) is 10.2 Å². The maximum Gasteiger partial charge on any atom is 0.329 e. The van der Waals surface area contributed by atoms with Crippen LogP contribution in [0.1, 0.15) is 11.1 Å². The van der Waals surface area contributed by atoms with Crippen molar-refractivity contribution in [2.75, 3.05) is 6.61 Å². The molecule has 1 fully saturated rings. The van der Waals surface area contributed by atoms with Crippen LogP contribution in [0, 0.1) is 12.3 Å². The van der Waals surface area contributed by atoms with Crippen LogP contribution >= 0.6 is 27.5 Å². The molecular weight excluding hydrogens is 432 g/mol. The van der Waals surface area contributed by atoms with Gasteiger partial charge in [-0.2, -0.15) is 0 Å². The summed E-state index contributed by atoms with van der Waals surface area (Å²) in [6.45, 7) is 0.328. The number of benzene rings is 2. The number of carbonyl (C=O) groups is 2. The lowest BCUT2D eigenvalue weighted by molar-refractivity contribution is -0.123. The zero-order chi connectivity index (χ0) is 19.4. The number of rotatable bonds is 5. The Hall–Kier alpha value is -2.75. The number of ether oxygens (including phenoxy) is 1. The van der Waals surface area contributed by atoms with E-state index in [1.807, 2.05) is 0 Å². The summed E-state index contributed by atoms with van der Waals surface area (Å²) in [5.41, 5.74) is 1.74. The molecule has 136 valence electrons. The molecule has 2 aromatic carbocycles. The van der Waals surface area contributed by atoms with Crippen molar-refractivity contribution in [3.05, 3.63) is 68.8 Å². The molecule has 7 heteroatoms. The number of urea groups is 1. The van der Waals surface area contributed by atoms with Gasteiger partial charge in [-0.1, -0.05) is 35.7 Å². The molecule has 0 unspecified atom stereocenters. The van der Waals surface area contributed by atoms with Gasteiger partial charge in [-0.05, 0) is 57.4 Å². The molecule has 0 spiro atoms. The van der Waals surface area contributed by atoms with Crippen molar-refractivity contribution in [1.29, 1.82) is 0 Å². The van der Waals surface area contributed by atoms with Crippen molar-refractivity contribution in [3.63, 3.8) is 0 Å². The average Bonchev–Trinajstić information content (AvgIpc) is 2.90. The molecule has 3 amide bonds. The van der Waals surface area contributed by atoms with Crippen LogP contribution < -0.4 is 10.1 Å². The van der Waals surface area contributed by atoms with Gasteiger partial charge in [0, 0.05) is 5.02 Å². The first-order valence-electron chi connectivity index (χ1n) is 7.92. The maximum atomic E-state index is 12.6. The fraction of sp³-hybridized carbons (Fsp3) is 0.100. The van der Waals surface area contributed by atoms with Crippen LogP contribution in [0.15, 0.2) is 52.6 Å². The highest BCUT2D eigenvalue weighted by Crippen LogP contribution is 2.27. The fourth-order valence-electron chi connectivity index (χ4n) is 2.50. The number of halogens is 2. The number of hydrogen-bond acceptors (Lipinski definition) is 3. The Kier molecular flexibility index (Phi) is 5.84. The topological polar surface area (TPSA) is 58.6 Å². The minimum Gasteiger partial charge on any atom is -0.480 e. The number of nitrogens with one attached hydrogen (secondary N) is 1. The third-order valence-corrected chi connectivity index (χ3v) is 4.67. The Morgan fingerprint density at radius 3 is 2.63 bits per heavy atom. The Balaban J connectivity index is 1.76. The van der Waals surface area contributed by atoms with Gasteiger partial charge in [-0.3, -0.25) is 9.69 Å². The van der Waals surface area contributed by atoms with Crippen molar-refractivity contribution >= 4 is 45.5 Å². The number of terminal acetylenes is 1. The summed E-state index contributed by atoms with van der Waals surface area (Å²) >= 11 is 9.26. The van der Waals surface area contributed by atoms with Gasteiger partial charge in [0.05, 0.1) is 11.0 Å². The van der Waals surface area contributed by atoms with E-state index in [-0.39, 0.29) is 18.8 Å². The molecule has 0 radical (unpaired) electrons. The lowest BCUT2D eigenvalue weighted by Gasteiger charge is -2.11. The van der Waals surface area contributed by atoms with E-state index >= 15 is 0 Å². The van der Waals surface area contributed by atoms with Gasteiger partial charge in [-0.25, -0.2) is 4.79 Å². The number of carbonyl (C=O) groups excluding carboxylic acids is 2. The summed E-state index contributed by atoms with van der Waals surface area (Å²) in [7, 11) is 0. The van der Waals surface area contributed by atoms with Gasteiger partial charge in [0.2, 0.25) is 0 Å². The molecule has 1 saturated heterocycles. The molecule has 0 saturated carbocycles. The molecule has 1 aliphatic heterocycles. The summed E-state index contributed by atoms with van der Waals surface area (Å²) in [6.07, 6.45) is 6.79. The predicted molar refractivity (Wildman–Crippen MR) is 107 cm³/mol. The third-order valence-electron chi connectivity index (χ3n) is 3.79. The molecule has 0 aliphatic carbocycles. The van der Waals surface area contributed by atoms with E-state index in [0.717, 1.165) is 16.0 Å². The smallest absolute Gasteiger partial charge is 0.329 e. The number of hydrogen-bond donors (Lipinski definition) is 1. The third kappa shape index (κ3) is 4.51. The zero-order valence-electron chi connectivity index (χ0n) is 14.0. The average molecular weight is 446 g/mol. The fourth-order valence-corrected chi connectivity index (χ4v) is 3.13. The van der Waals surface area contributed by atoms with Crippen LogP contribution in [0.4, 0.5) is 4.79 Å². The summed E-state index contributed by atoms with van der Waals surface area (Å²) < 4.78 is 6.08. The van der Waals surface area contributed by atoms with Gasteiger partial charge in [0.1, 0.15) is 18.1 Å². The molecule has 0 bridgehead atoms. The number of amides is 3. The van der Waals surface area contributed by atoms with Crippen LogP contribution in [0.5, 0.6) is 5.75 Å². The summed E-state index contributed by atoms with van der Waals surface area (Å²) in [4.78, 5) is 25.9. The first-order valence-corrected chi connectivity index (χ1v) is 9.10. The quantitative estimate of drug-likeness (QED) is 0.426. The summed E-state index contributed by atoms with van der Waals surface area (Å²) in [6, 6.07) is 11.8. The van der Waals surface area contributed by atoms with Crippen LogP contribution in [-0.4, -0.2) is 23.4 Å². The molecule has 2 aromatic rings. The normalized spacial score (nSPS) is 15.0. The van der Waals surface area contributed by atoms with E-state index in [2.05, 4.69) is 27.2 Å². The maximum absolute atomic E-state index is 12.6. The first kappa shape index (κ1) is 19.0. The molecule has 0 atom stereocenters. The van der Waals surface area contributed by atoms with Gasteiger partial charge in [0.15, 0.2) is 0 Å². The van der Waals surface area contributed by atoms with E-state index in [9.17, 15) is 9.59 Å². The highest BCUT2D eigenvalue weighted by atomic mass is 79.9. The van der Waals surface area contributed by atoms with Gasteiger partial charge >= 0.3 is 6.03 Å². The first-order chi connectivity index (χ1) is 13.0. The molecule has 1 aliphatic rings. The van der Waals surface area contributed by atoms with Crippen molar-refractivity contribution in [2.24, 2.45) is 0 Å². The van der Waals surface area contributed by atoms with Crippen LogP contribution in [-0.2, 0) is 11.3 Å². The van der Waals surface area contributed by atoms with Gasteiger partial charge in [-0.15, -0.1) is 6.42 Å². The number of nitrogens with zero attached hydrogens (tertiary/aromatic N) is 1. The highest BCUT2D eigenvalue weighted by Gasteiger charge is 2.33. The second kappa shape index (κ2) is 8.30. The van der Waals surface area contributed by atoms with Crippen LogP contribution in [0.25, 0.3) is 6.08 Å². The van der Waals surface area contributed by atoms with Crippen molar-refractivity contribution in [3.8, 4) is 18.1 Å². The van der Waals surface area contributed by atoms with E-state index in [1.165, 1.54) is 0 Å². The largest absolute Gasteiger partial charge is 0.480 e. The lowest BCUT2D eigenvalue weighted by atomic mass is 10.1. The molecular formula is C20H14BrClN2O3. The van der Waals surface area contributed by atoms with E-state index in [0.29, 0.717) is 15.2 Å². The second-order valence-electron chi connectivity index (χ2n) is 5.69. The minimum absolute atomic E-state index is 0.160. The van der Waals surface area contributed by atoms with E-state index < -0.39 is 11.9 Å². The lowest BCUT2D eigenvalue weighted by Crippen LogP contribution is -2.30. The number of imide groups is 1. The minimum atomic E-state index is -0.464. The summed E-state index contributed by atoms with van der Waals surface area (Å²) in [5.74, 6) is 2.60. The summed E-state index contributed by atoms with van der Waals surface area (Å²) in [5, 5.41) is 3.20. The molecule has 0 aromatic heterocycles. The molecule has 3 rings (SSSR count). The Labute approximate surface area is 170 Å². The van der Waals surface area contributed by atoms with Gasteiger partial charge < -0.3 is 10.1 Å². The molecule has 1 heterocycles. The SMILES string of the molecule is C#CCOc1ccc(C=C2NC(=O)N(Cc3ccc(Cl)cc3)C2=O)cc1Br. The van der Waals surface area contributed by atoms with Crippen LogP contribution in [0.2, 0.25) is 5.02 Å². The predicted octanol–water partition coefficient (Wildman–Crippen LogP) is 4.21. The van der Waals surface area contributed by atoms with E-state index in [4.69, 9.17) is 22.8 Å². The van der Waals surface area contributed by atoms with Gasteiger partial charge in [0.25, 0.3) is 5.91 Å². The Bertz CT molecular complexity index is 964. The van der Waals surface area contributed by atoms with E-state index in [1.54, 1.807) is 48.5 Å².